The van der Waals surface area contributed by atoms with Crippen LogP contribution in [0, 0.1) is 18.1 Å². The van der Waals surface area contributed by atoms with E-state index in [2.05, 4.69) is 22.1 Å². The van der Waals surface area contributed by atoms with Crippen LogP contribution < -0.4 is 0 Å². The number of aromatic nitrogens is 2. The Labute approximate surface area is 210 Å². The molecule has 0 aliphatic carbocycles. The second-order valence-electron chi connectivity index (χ2n) is 7.32. The van der Waals surface area contributed by atoms with Crippen LogP contribution in [-0.4, -0.2) is 32.4 Å². The van der Waals surface area contributed by atoms with Crippen molar-refractivity contribution in [3.63, 3.8) is 0 Å². The van der Waals surface area contributed by atoms with Crippen molar-refractivity contribution in [2.75, 3.05) is 0 Å². The Kier molecular flexibility index (Phi) is 13.7. The van der Waals surface area contributed by atoms with Gasteiger partial charge in [0.05, 0.1) is 12.2 Å². The maximum absolute atomic E-state index is 8.83. The van der Waals surface area contributed by atoms with Crippen molar-refractivity contribution in [1.29, 1.82) is 0 Å². The molecule has 0 aliphatic rings. The summed E-state index contributed by atoms with van der Waals surface area (Å²) in [6.45, 7) is 5.17. The Morgan fingerprint density at radius 2 is 1.00 bits per heavy atom. The van der Waals surface area contributed by atoms with Crippen molar-refractivity contribution >= 4 is 0 Å². The van der Waals surface area contributed by atoms with Crippen LogP contribution in [0.15, 0.2) is 97.3 Å². The van der Waals surface area contributed by atoms with Crippen molar-refractivity contribution in [3.05, 3.63) is 109 Å². The molecule has 0 saturated heterocycles. The Morgan fingerprint density at radius 1 is 0.606 bits per heavy atom. The second kappa shape index (κ2) is 16.0. The average Bonchev–Trinajstić information content (AvgIpc) is 2.86. The summed E-state index contributed by atoms with van der Waals surface area (Å²) in [4.78, 5) is 8.44. The molecule has 4 nitrogen and oxygen atoms in total. The predicted molar refractivity (Wildman–Crippen MR) is 130 cm³/mol. The number of aliphatic hydroxyl groups excluding tert-OH is 2. The van der Waals surface area contributed by atoms with Gasteiger partial charge in [0.1, 0.15) is 0 Å². The minimum absolute atomic E-state index is 0. The second-order valence-corrected chi connectivity index (χ2v) is 7.32. The van der Waals surface area contributed by atoms with E-state index >= 15 is 0 Å². The van der Waals surface area contributed by atoms with Crippen LogP contribution >= 0.6 is 0 Å². The topological polar surface area (TPSA) is 66.2 Å². The van der Waals surface area contributed by atoms with E-state index in [0.717, 1.165) is 22.5 Å². The molecule has 0 aliphatic heterocycles. The van der Waals surface area contributed by atoms with Crippen molar-refractivity contribution < 1.29 is 30.3 Å². The van der Waals surface area contributed by atoms with Gasteiger partial charge < -0.3 is 20.2 Å². The van der Waals surface area contributed by atoms with Gasteiger partial charge in [-0.1, -0.05) is 31.2 Å². The van der Waals surface area contributed by atoms with Crippen molar-refractivity contribution in [2.24, 2.45) is 5.92 Å². The van der Waals surface area contributed by atoms with Gasteiger partial charge in [-0.3, -0.25) is 0 Å². The van der Waals surface area contributed by atoms with Crippen LogP contribution in [0.3, 0.4) is 0 Å². The fourth-order valence-corrected chi connectivity index (χ4v) is 2.55. The van der Waals surface area contributed by atoms with Gasteiger partial charge in [-0.2, -0.15) is 0 Å². The molecule has 5 heteroatoms. The summed E-state index contributed by atoms with van der Waals surface area (Å²) < 4.78 is 0. The summed E-state index contributed by atoms with van der Waals surface area (Å²) in [7, 11) is 0. The molecule has 33 heavy (non-hydrogen) atoms. The zero-order valence-electron chi connectivity index (χ0n) is 19.1. The first-order valence-corrected chi connectivity index (χ1v) is 10.6. The van der Waals surface area contributed by atoms with Gasteiger partial charge in [-0.05, 0) is 37.4 Å². The third kappa shape index (κ3) is 10.6. The van der Waals surface area contributed by atoms with E-state index in [1.54, 1.807) is 26.2 Å². The van der Waals surface area contributed by atoms with E-state index in [1.807, 2.05) is 91.9 Å². The van der Waals surface area contributed by atoms with Crippen LogP contribution in [0.2, 0.25) is 0 Å². The first-order valence-electron chi connectivity index (χ1n) is 10.6. The van der Waals surface area contributed by atoms with E-state index in [1.165, 1.54) is 0 Å². The quantitative estimate of drug-likeness (QED) is 0.298. The zero-order chi connectivity index (χ0) is 23.2. The van der Waals surface area contributed by atoms with E-state index in [4.69, 9.17) is 10.2 Å². The molecule has 2 unspecified atom stereocenters. The fourth-order valence-electron chi connectivity index (χ4n) is 2.55. The minimum atomic E-state index is -0.407. The number of aliphatic hydroxyl groups is 2. The molecule has 0 spiro atoms. The van der Waals surface area contributed by atoms with Gasteiger partial charge in [0.2, 0.25) is 0 Å². The van der Waals surface area contributed by atoms with Gasteiger partial charge in [-0.25, -0.2) is 0 Å². The molecule has 2 aromatic carbocycles. The molecule has 175 valence electrons. The Morgan fingerprint density at radius 3 is 1.24 bits per heavy atom. The zero-order valence-corrected chi connectivity index (χ0v) is 21.5. The van der Waals surface area contributed by atoms with E-state index in [9.17, 15) is 0 Å². The van der Waals surface area contributed by atoms with Crippen LogP contribution in [-0.2, 0) is 20.1 Å². The Hall–Kier alpha value is -2.69. The maximum Gasteiger partial charge on any atom is 0.0562 e. The summed E-state index contributed by atoms with van der Waals surface area (Å²) in [6.07, 6.45) is 2.76. The van der Waals surface area contributed by atoms with E-state index < -0.39 is 12.2 Å². The third-order valence-electron chi connectivity index (χ3n) is 4.82. The molecular formula is C28H30IrN2O2-2. The monoisotopic (exact) mass is 619 g/mol. The molecule has 0 amide bonds. The smallest absolute Gasteiger partial charge is 0.0562 e. The standard InChI is InChI=1S/2C11H8N.C6H14O2.Ir/c2*1-2-6-10(7-3-1)11-8-4-5-9-12-11;1-4(5(2)7)6(3)8;/h2*1-6,8-9H;4-8H,1-3H3;/q2*-1;;. The number of hydrogen-bond acceptors (Lipinski definition) is 4. The molecule has 0 bridgehead atoms. The van der Waals surface area contributed by atoms with Gasteiger partial charge in [0, 0.05) is 38.4 Å². The first kappa shape index (κ1) is 28.3. The number of hydrogen-bond donors (Lipinski definition) is 2. The number of benzene rings is 2. The van der Waals surface area contributed by atoms with Crippen LogP contribution in [0.25, 0.3) is 22.5 Å². The number of nitrogens with zero attached hydrogens (tertiary/aromatic N) is 2. The maximum atomic E-state index is 8.83. The summed E-state index contributed by atoms with van der Waals surface area (Å²) >= 11 is 0. The number of pyridine rings is 2. The van der Waals surface area contributed by atoms with E-state index in [0.29, 0.717) is 0 Å². The largest absolute Gasteiger partial charge is 0.393 e. The molecule has 2 atom stereocenters. The molecule has 2 heterocycles. The summed E-state index contributed by atoms with van der Waals surface area (Å²) in [5.41, 5.74) is 4.02. The third-order valence-corrected chi connectivity index (χ3v) is 4.82. The molecule has 4 aromatic rings. The number of rotatable bonds is 4. The van der Waals surface area contributed by atoms with Gasteiger partial charge >= 0.3 is 0 Å². The van der Waals surface area contributed by atoms with Crippen molar-refractivity contribution in [2.45, 2.75) is 33.0 Å². The molecule has 1 radical (unpaired) electrons. The van der Waals surface area contributed by atoms with Crippen LogP contribution in [0.4, 0.5) is 0 Å². The summed E-state index contributed by atoms with van der Waals surface area (Å²) in [6, 6.07) is 33.6. The van der Waals surface area contributed by atoms with Crippen LogP contribution in [0.1, 0.15) is 20.8 Å². The first-order chi connectivity index (χ1) is 15.5. The van der Waals surface area contributed by atoms with Crippen LogP contribution in [0.5, 0.6) is 0 Å². The Balaban J connectivity index is 0.000000250. The fraction of sp³-hybridized carbons (Fsp3) is 0.214. The van der Waals surface area contributed by atoms with Gasteiger partial charge in [0.15, 0.2) is 0 Å². The normalized spacial score (nSPS) is 12.4. The predicted octanol–water partition coefficient (Wildman–Crippen LogP) is 5.48. The Bertz CT molecular complexity index is 825. The summed E-state index contributed by atoms with van der Waals surface area (Å²) in [5.74, 6) is -0.0185. The van der Waals surface area contributed by atoms with Crippen molar-refractivity contribution in [1.82, 2.24) is 9.97 Å². The molecule has 2 N–H and O–H groups in total. The van der Waals surface area contributed by atoms with Crippen molar-refractivity contribution in [3.8, 4) is 22.5 Å². The molecule has 2 aromatic heterocycles. The summed E-state index contributed by atoms with van der Waals surface area (Å²) in [5, 5.41) is 17.7. The molecule has 0 fully saturated rings. The molecule has 4 rings (SSSR count). The van der Waals surface area contributed by atoms with E-state index in [-0.39, 0.29) is 26.0 Å². The van der Waals surface area contributed by atoms with Gasteiger partial charge in [-0.15, -0.1) is 71.8 Å². The SMILES string of the molecule is CC(O)C(C)C(C)O.[Ir].[c-]1ccccc1-c1ccccn1.[c-]1ccccc1-c1ccccn1. The molecular weight excluding hydrogens is 589 g/mol. The average molecular weight is 619 g/mol. The van der Waals surface area contributed by atoms with Gasteiger partial charge in [0.25, 0.3) is 0 Å². The minimum Gasteiger partial charge on any atom is -0.393 e. The molecule has 0 saturated carbocycles.